The highest BCUT2D eigenvalue weighted by Crippen LogP contribution is 2.10. The van der Waals surface area contributed by atoms with Gasteiger partial charge in [-0.15, -0.1) is 0 Å². The zero-order chi connectivity index (χ0) is 11.0. The molecule has 0 aliphatic carbocycles. The van der Waals surface area contributed by atoms with E-state index in [1.807, 2.05) is 6.92 Å². The maximum atomic E-state index is 11.4. The number of ketones is 1. The smallest absolute Gasteiger partial charge is 0.316 e. The van der Waals surface area contributed by atoms with Gasteiger partial charge in [-0.05, 0) is 13.3 Å². The van der Waals surface area contributed by atoms with E-state index in [0.717, 1.165) is 6.42 Å². The normalized spacial score (nSPS) is 12.2. The number of carbonyl (C=O) groups excluding carboxylic acids is 2. The molecule has 0 spiro atoms. The fraction of sp³-hybridized carbons (Fsp3) is 0.800. The number of Topliss-reactive ketones (excluding diaryl/α,β-unsaturated/α-hetero) is 1. The molecule has 0 aliphatic heterocycles. The summed E-state index contributed by atoms with van der Waals surface area (Å²) >= 11 is 0. The van der Waals surface area contributed by atoms with Crippen LogP contribution < -0.4 is 0 Å². The monoisotopic (exact) mass is 202 g/mol. The van der Waals surface area contributed by atoms with Gasteiger partial charge in [-0.25, -0.2) is 0 Å². The first-order chi connectivity index (χ1) is 6.67. The molecule has 4 nitrogen and oxygen atoms in total. The van der Waals surface area contributed by atoms with Crippen LogP contribution in [0.2, 0.25) is 0 Å². The number of ether oxygens (including phenoxy) is 2. The van der Waals surface area contributed by atoms with Gasteiger partial charge in [0.1, 0.15) is 12.5 Å². The van der Waals surface area contributed by atoms with E-state index in [2.05, 4.69) is 0 Å². The largest absolute Gasteiger partial charge is 0.465 e. The van der Waals surface area contributed by atoms with Gasteiger partial charge in [0, 0.05) is 7.11 Å². The van der Waals surface area contributed by atoms with Crippen molar-refractivity contribution >= 4 is 11.8 Å². The lowest BCUT2D eigenvalue weighted by atomic mass is 9.99. The third kappa shape index (κ3) is 4.37. The van der Waals surface area contributed by atoms with Crippen LogP contribution >= 0.6 is 0 Å². The van der Waals surface area contributed by atoms with Crippen molar-refractivity contribution < 1.29 is 19.1 Å². The third-order valence-electron chi connectivity index (χ3n) is 1.82. The predicted molar refractivity (Wildman–Crippen MR) is 51.9 cm³/mol. The molecule has 0 aromatic carbocycles. The van der Waals surface area contributed by atoms with Gasteiger partial charge >= 0.3 is 5.97 Å². The van der Waals surface area contributed by atoms with E-state index in [4.69, 9.17) is 9.47 Å². The van der Waals surface area contributed by atoms with Crippen molar-refractivity contribution in [1.82, 2.24) is 0 Å². The zero-order valence-corrected chi connectivity index (χ0v) is 9.04. The van der Waals surface area contributed by atoms with E-state index in [0.29, 0.717) is 13.0 Å². The van der Waals surface area contributed by atoms with Crippen LogP contribution in [-0.2, 0) is 19.1 Å². The van der Waals surface area contributed by atoms with Crippen molar-refractivity contribution in [1.29, 1.82) is 0 Å². The van der Waals surface area contributed by atoms with Crippen LogP contribution in [0.15, 0.2) is 0 Å². The Balaban J connectivity index is 4.25. The van der Waals surface area contributed by atoms with Gasteiger partial charge in [0.05, 0.1) is 6.61 Å². The Morgan fingerprint density at radius 2 is 1.93 bits per heavy atom. The summed E-state index contributed by atoms with van der Waals surface area (Å²) in [6.07, 6.45) is 1.31. The lowest BCUT2D eigenvalue weighted by Crippen LogP contribution is -2.28. The maximum absolute atomic E-state index is 11.4. The van der Waals surface area contributed by atoms with E-state index < -0.39 is 11.9 Å². The summed E-state index contributed by atoms with van der Waals surface area (Å²) in [6, 6.07) is 0. The summed E-state index contributed by atoms with van der Waals surface area (Å²) in [5.74, 6) is -1.29. The molecule has 0 bridgehead atoms. The first kappa shape index (κ1) is 13.1. The highest BCUT2D eigenvalue weighted by molar-refractivity contribution is 5.99. The molecule has 4 heteroatoms. The van der Waals surface area contributed by atoms with Gasteiger partial charge in [-0.2, -0.15) is 0 Å². The Labute approximate surface area is 84.6 Å². The second kappa shape index (κ2) is 7.50. The molecule has 1 atom stereocenters. The molecule has 0 amide bonds. The van der Waals surface area contributed by atoms with Crippen LogP contribution in [0.3, 0.4) is 0 Å². The van der Waals surface area contributed by atoms with E-state index in [1.165, 1.54) is 7.11 Å². The van der Waals surface area contributed by atoms with Gasteiger partial charge in [0.2, 0.25) is 0 Å². The van der Waals surface area contributed by atoms with Crippen LogP contribution in [0.25, 0.3) is 0 Å². The van der Waals surface area contributed by atoms with Gasteiger partial charge in [-0.1, -0.05) is 13.3 Å². The molecular weight excluding hydrogens is 184 g/mol. The molecule has 0 aromatic rings. The number of hydrogen-bond acceptors (Lipinski definition) is 4. The number of methoxy groups -OCH3 is 1. The molecule has 0 aromatic heterocycles. The molecule has 0 saturated heterocycles. The van der Waals surface area contributed by atoms with Crippen molar-refractivity contribution in [2.45, 2.75) is 26.7 Å². The van der Waals surface area contributed by atoms with Crippen LogP contribution in [0.4, 0.5) is 0 Å². The Bertz CT molecular complexity index is 171. The van der Waals surface area contributed by atoms with E-state index in [9.17, 15) is 9.59 Å². The number of esters is 1. The summed E-state index contributed by atoms with van der Waals surface area (Å²) in [7, 11) is 1.44. The average Bonchev–Trinajstić information content (AvgIpc) is 2.14. The summed E-state index contributed by atoms with van der Waals surface area (Å²) < 4.78 is 9.51. The topological polar surface area (TPSA) is 52.6 Å². The highest BCUT2D eigenvalue weighted by Gasteiger charge is 2.26. The lowest BCUT2D eigenvalue weighted by molar-refractivity contribution is -0.152. The standard InChI is InChI=1S/C10H18O4/c1-4-6-8(9(11)7-13-3)10(12)14-5-2/h8H,4-7H2,1-3H3. The molecule has 82 valence electrons. The fourth-order valence-electron chi connectivity index (χ4n) is 1.18. The van der Waals surface area contributed by atoms with Crippen LogP contribution in [0, 0.1) is 5.92 Å². The summed E-state index contributed by atoms with van der Waals surface area (Å²) in [5.41, 5.74) is 0. The summed E-state index contributed by atoms with van der Waals surface area (Å²) in [4.78, 5) is 22.8. The number of rotatable bonds is 7. The van der Waals surface area contributed by atoms with Crippen LogP contribution in [0.1, 0.15) is 26.7 Å². The number of carbonyl (C=O) groups is 2. The second-order valence-electron chi connectivity index (χ2n) is 2.99. The summed E-state index contributed by atoms with van der Waals surface area (Å²) in [5, 5.41) is 0. The third-order valence-corrected chi connectivity index (χ3v) is 1.82. The molecule has 1 unspecified atom stereocenters. The molecule has 0 saturated carbocycles. The minimum absolute atomic E-state index is 0.0243. The van der Waals surface area contributed by atoms with Gasteiger partial charge in [-0.3, -0.25) is 9.59 Å². The minimum Gasteiger partial charge on any atom is -0.465 e. The maximum Gasteiger partial charge on any atom is 0.316 e. The highest BCUT2D eigenvalue weighted by atomic mass is 16.5. The van der Waals surface area contributed by atoms with Crippen LogP contribution in [0.5, 0.6) is 0 Å². The van der Waals surface area contributed by atoms with Gasteiger partial charge < -0.3 is 9.47 Å². The van der Waals surface area contributed by atoms with Crippen molar-refractivity contribution in [3.05, 3.63) is 0 Å². The molecule has 0 fully saturated rings. The zero-order valence-electron chi connectivity index (χ0n) is 9.04. The number of hydrogen-bond donors (Lipinski definition) is 0. The molecule has 0 rings (SSSR count). The van der Waals surface area contributed by atoms with Gasteiger partial charge in [0.25, 0.3) is 0 Å². The predicted octanol–water partition coefficient (Wildman–Crippen LogP) is 1.18. The first-order valence-corrected chi connectivity index (χ1v) is 4.85. The Morgan fingerprint density at radius 1 is 1.29 bits per heavy atom. The first-order valence-electron chi connectivity index (χ1n) is 4.85. The SMILES string of the molecule is CCCC(C(=O)COC)C(=O)OCC. The molecular formula is C10H18O4. The summed E-state index contributed by atoms with van der Waals surface area (Å²) in [6.45, 7) is 3.93. The average molecular weight is 202 g/mol. The van der Waals surface area contributed by atoms with E-state index >= 15 is 0 Å². The van der Waals surface area contributed by atoms with Gasteiger partial charge in [0.15, 0.2) is 5.78 Å². The van der Waals surface area contributed by atoms with E-state index in [1.54, 1.807) is 6.92 Å². The molecule has 0 heterocycles. The molecule has 0 N–H and O–H groups in total. The van der Waals surface area contributed by atoms with Crippen molar-refractivity contribution in [3.63, 3.8) is 0 Å². The second-order valence-corrected chi connectivity index (χ2v) is 2.99. The molecule has 0 radical (unpaired) electrons. The van der Waals surface area contributed by atoms with Crippen LogP contribution in [-0.4, -0.2) is 32.1 Å². The van der Waals surface area contributed by atoms with Crippen molar-refractivity contribution in [2.24, 2.45) is 5.92 Å². The quantitative estimate of drug-likeness (QED) is 0.459. The van der Waals surface area contributed by atoms with Crippen molar-refractivity contribution in [2.75, 3.05) is 20.3 Å². The van der Waals surface area contributed by atoms with E-state index in [-0.39, 0.29) is 12.4 Å². The Hall–Kier alpha value is -0.900. The molecule has 0 aliphatic rings. The van der Waals surface area contributed by atoms with Crippen molar-refractivity contribution in [3.8, 4) is 0 Å². The Morgan fingerprint density at radius 3 is 2.36 bits per heavy atom. The minimum atomic E-state index is -0.653. The Kier molecular flexibility index (Phi) is 7.02. The fourth-order valence-corrected chi connectivity index (χ4v) is 1.18. The molecule has 14 heavy (non-hydrogen) atoms. The lowest BCUT2D eigenvalue weighted by Gasteiger charge is -2.12.